The van der Waals surface area contributed by atoms with Gasteiger partial charge in [0.05, 0.1) is 19.8 Å². The van der Waals surface area contributed by atoms with E-state index in [2.05, 4.69) is 9.97 Å². The normalized spacial score (nSPS) is 11.8. The van der Waals surface area contributed by atoms with E-state index in [1.54, 1.807) is 4.40 Å². The van der Waals surface area contributed by atoms with E-state index < -0.39 is 0 Å². The average Bonchev–Trinajstić information content (AvgIpc) is 2.68. The van der Waals surface area contributed by atoms with Gasteiger partial charge in [-0.2, -0.15) is 0 Å². The highest BCUT2D eigenvalue weighted by Crippen LogP contribution is 2.09. The van der Waals surface area contributed by atoms with Crippen molar-refractivity contribution in [1.82, 2.24) is 18.9 Å². The Kier molecular flexibility index (Phi) is 1.76. The van der Waals surface area contributed by atoms with Crippen molar-refractivity contribution in [2.45, 2.75) is 13.8 Å². The molecule has 0 atom stereocenters. The predicted octanol–water partition coefficient (Wildman–Crippen LogP) is -0.0444. The van der Waals surface area contributed by atoms with Crippen molar-refractivity contribution in [3.63, 3.8) is 0 Å². The lowest BCUT2D eigenvalue weighted by molar-refractivity contribution is -0.646. The SMILES string of the molecule is Cc1nc2[nH]c3c(c(=O)n2c1C)[n+](C)cn3C. The van der Waals surface area contributed by atoms with Gasteiger partial charge >= 0.3 is 5.56 Å². The molecular formula is C11H14N5O+. The number of imidazole rings is 2. The maximum Gasteiger partial charge on any atom is 0.311 e. The van der Waals surface area contributed by atoms with Crippen LogP contribution in [0.2, 0.25) is 0 Å². The molecule has 0 aliphatic heterocycles. The van der Waals surface area contributed by atoms with Crippen molar-refractivity contribution < 1.29 is 4.57 Å². The molecule has 3 aromatic rings. The van der Waals surface area contributed by atoms with Gasteiger partial charge in [-0.1, -0.05) is 0 Å². The Balaban J connectivity index is 2.69. The molecule has 0 unspecified atom stereocenters. The fourth-order valence-corrected chi connectivity index (χ4v) is 2.26. The molecule has 6 heteroatoms. The summed E-state index contributed by atoms with van der Waals surface area (Å²) in [6.07, 6.45) is 1.87. The second-order valence-corrected chi connectivity index (χ2v) is 4.41. The molecule has 3 heterocycles. The second kappa shape index (κ2) is 2.97. The molecule has 1 N–H and O–H groups in total. The standard InChI is InChI=1S/C11H13N5O/c1-6-7(2)16-10(17)8-9(13-11(16)12-6)15(4)5-14(8)3/h5H,1-4H3/p+1. The van der Waals surface area contributed by atoms with Gasteiger partial charge in [0.1, 0.15) is 0 Å². The van der Waals surface area contributed by atoms with E-state index in [9.17, 15) is 4.79 Å². The van der Waals surface area contributed by atoms with Crippen molar-refractivity contribution >= 4 is 16.9 Å². The van der Waals surface area contributed by atoms with Crippen molar-refractivity contribution in [2.24, 2.45) is 14.1 Å². The maximum atomic E-state index is 12.4. The van der Waals surface area contributed by atoms with Crippen molar-refractivity contribution in [3.8, 4) is 0 Å². The topological polar surface area (TPSA) is 59.0 Å². The molecule has 88 valence electrons. The van der Waals surface area contributed by atoms with Gasteiger partial charge in [-0.3, -0.25) is 9.78 Å². The van der Waals surface area contributed by atoms with Crippen LogP contribution >= 0.6 is 0 Å². The second-order valence-electron chi connectivity index (χ2n) is 4.41. The molecule has 3 aromatic heterocycles. The lowest BCUT2D eigenvalue weighted by Gasteiger charge is -1.95. The molecule has 0 spiro atoms. The summed E-state index contributed by atoms with van der Waals surface area (Å²) in [5.74, 6) is 0.597. The molecule has 0 bridgehead atoms. The van der Waals surface area contributed by atoms with Crippen LogP contribution in [-0.2, 0) is 14.1 Å². The average molecular weight is 232 g/mol. The fraction of sp³-hybridized carbons (Fsp3) is 0.364. The summed E-state index contributed by atoms with van der Waals surface area (Å²) in [6.45, 7) is 3.81. The minimum Gasteiger partial charge on any atom is -0.288 e. The van der Waals surface area contributed by atoms with E-state index in [0.717, 1.165) is 17.0 Å². The molecule has 0 radical (unpaired) electrons. The van der Waals surface area contributed by atoms with Crippen LogP contribution in [0.4, 0.5) is 0 Å². The quantitative estimate of drug-likeness (QED) is 0.553. The number of aromatic nitrogens is 5. The lowest BCUT2D eigenvalue weighted by Crippen LogP contribution is -2.32. The first-order chi connectivity index (χ1) is 8.00. The first-order valence-corrected chi connectivity index (χ1v) is 5.43. The minimum absolute atomic E-state index is 0.0325. The zero-order valence-electron chi connectivity index (χ0n) is 10.3. The number of fused-ring (bicyclic) bond motifs is 2. The lowest BCUT2D eigenvalue weighted by atomic mass is 10.4. The largest absolute Gasteiger partial charge is 0.311 e. The van der Waals surface area contributed by atoms with Crippen molar-refractivity contribution in [3.05, 3.63) is 28.1 Å². The maximum absolute atomic E-state index is 12.4. The number of hydrogen-bond acceptors (Lipinski definition) is 2. The van der Waals surface area contributed by atoms with Crippen LogP contribution in [0.1, 0.15) is 11.4 Å². The van der Waals surface area contributed by atoms with Gasteiger partial charge in [0.25, 0.3) is 11.2 Å². The van der Waals surface area contributed by atoms with Crippen LogP contribution in [0.25, 0.3) is 16.9 Å². The van der Waals surface area contributed by atoms with Crippen LogP contribution in [0.5, 0.6) is 0 Å². The van der Waals surface area contributed by atoms with Crippen LogP contribution in [0.15, 0.2) is 11.1 Å². The Morgan fingerprint density at radius 1 is 1.41 bits per heavy atom. The summed E-state index contributed by atoms with van der Waals surface area (Å²) in [5.41, 5.74) is 3.16. The molecule has 0 saturated heterocycles. The van der Waals surface area contributed by atoms with E-state index in [1.807, 2.05) is 43.4 Å². The molecule has 0 aromatic carbocycles. The van der Waals surface area contributed by atoms with E-state index in [0.29, 0.717) is 11.3 Å². The summed E-state index contributed by atoms with van der Waals surface area (Å²) >= 11 is 0. The number of nitrogens with zero attached hydrogens (tertiary/aromatic N) is 4. The molecule has 0 amide bonds. The Morgan fingerprint density at radius 2 is 2.12 bits per heavy atom. The molecule has 0 fully saturated rings. The number of nitrogens with one attached hydrogen (secondary N) is 1. The summed E-state index contributed by atoms with van der Waals surface area (Å²) < 4.78 is 5.33. The monoisotopic (exact) mass is 232 g/mol. The minimum atomic E-state index is -0.0325. The van der Waals surface area contributed by atoms with Gasteiger partial charge in [-0.25, -0.2) is 18.5 Å². The van der Waals surface area contributed by atoms with Crippen LogP contribution < -0.4 is 10.1 Å². The number of H-pyrrole nitrogens is 1. The predicted molar refractivity (Wildman–Crippen MR) is 62.9 cm³/mol. The van der Waals surface area contributed by atoms with Gasteiger partial charge in [-0.05, 0) is 13.8 Å². The molecule has 6 nitrogen and oxygen atoms in total. The molecular weight excluding hydrogens is 218 g/mol. The van der Waals surface area contributed by atoms with Gasteiger partial charge in [0.2, 0.25) is 12.1 Å². The highest BCUT2D eigenvalue weighted by Gasteiger charge is 2.19. The van der Waals surface area contributed by atoms with Gasteiger partial charge in [0, 0.05) is 5.69 Å². The van der Waals surface area contributed by atoms with Crippen LogP contribution in [-0.4, -0.2) is 18.9 Å². The molecule has 17 heavy (non-hydrogen) atoms. The van der Waals surface area contributed by atoms with Gasteiger partial charge in [0.15, 0.2) is 0 Å². The third kappa shape index (κ3) is 1.12. The zero-order valence-corrected chi connectivity index (χ0v) is 10.3. The molecule has 0 aliphatic rings. The number of aryl methyl sites for hydroxylation is 4. The van der Waals surface area contributed by atoms with Crippen LogP contribution in [0, 0.1) is 13.8 Å². The van der Waals surface area contributed by atoms with E-state index in [4.69, 9.17) is 0 Å². The van der Waals surface area contributed by atoms with E-state index >= 15 is 0 Å². The summed E-state index contributed by atoms with van der Waals surface area (Å²) in [4.78, 5) is 20.0. The molecule has 3 rings (SSSR count). The number of rotatable bonds is 0. The number of aromatic amines is 1. The summed E-state index contributed by atoms with van der Waals surface area (Å²) in [5, 5.41) is 0. The Morgan fingerprint density at radius 3 is 2.82 bits per heavy atom. The summed E-state index contributed by atoms with van der Waals surface area (Å²) in [6, 6.07) is 0. The van der Waals surface area contributed by atoms with Crippen LogP contribution in [0.3, 0.4) is 0 Å². The Bertz CT molecular complexity index is 798. The zero-order chi connectivity index (χ0) is 12.3. The van der Waals surface area contributed by atoms with E-state index in [-0.39, 0.29) is 5.56 Å². The van der Waals surface area contributed by atoms with Gasteiger partial charge in [-0.15, -0.1) is 0 Å². The first-order valence-electron chi connectivity index (χ1n) is 5.43. The smallest absolute Gasteiger partial charge is 0.288 e. The van der Waals surface area contributed by atoms with Crippen molar-refractivity contribution in [1.29, 1.82) is 0 Å². The van der Waals surface area contributed by atoms with E-state index in [1.165, 1.54) is 0 Å². The Hall–Kier alpha value is -2.11. The number of hydrogen-bond donors (Lipinski definition) is 1. The van der Waals surface area contributed by atoms with Crippen molar-refractivity contribution in [2.75, 3.05) is 0 Å². The highest BCUT2D eigenvalue weighted by molar-refractivity contribution is 5.68. The Labute approximate surface area is 97.1 Å². The third-order valence-electron chi connectivity index (χ3n) is 3.26. The first kappa shape index (κ1) is 10.1. The highest BCUT2D eigenvalue weighted by atomic mass is 16.1. The molecule has 0 saturated carbocycles. The fourth-order valence-electron chi connectivity index (χ4n) is 2.26. The van der Waals surface area contributed by atoms with Gasteiger partial charge < -0.3 is 0 Å². The molecule has 0 aliphatic carbocycles. The summed E-state index contributed by atoms with van der Waals surface area (Å²) in [7, 11) is 3.76. The third-order valence-corrected chi connectivity index (χ3v) is 3.26.